The molecule has 1 rings (SSSR count). The molecule has 0 aromatic heterocycles. The molecular weight excluding hydrogens is 225 g/mol. The quantitative estimate of drug-likeness (QED) is 0.746. The van der Waals surface area contributed by atoms with Gasteiger partial charge in [0.05, 0.1) is 6.04 Å². The first-order chi connectivity index (χ1) is 8.08. The third-order valence-corrected chi connectivity index (χ3v) is 2.51. The highest BCUT2D eigenvalue weighted by atomic mass is 19.1. The Morgan fingerprint density at radius 1 is 1.35 bits per heavy atom. The lowest BCUT2D eigenvalue weighted by molar-refractivity contribution is -0.119. The maximum atomic E-state index is 13.1. The van der Waals surface area contributed by atoms with E-state index >= 15 is 0 Å². The molecule has 0 radical (unpaired) electrons. The van der Waals surface area contributed by atoms with Crippen LogP contribution >= 0.6 is 0 Å². The van der Waals surface area contributed by atoms with E-state index in [0.717, 1.165) is 5.56 Å². The minimum absolute atomic E-state index is 0.0261. The van der Waals surface area contributed by atoms with E-state index in [1.807, 2.05) is 6.92 Å². The van der Waals surface area contributed by atoms with E-state index in [4.69, 9.17) is 14.6 Å². The van der Waals surface area contributed by atoms with Crippen LogP contribution in [0.4, 0.5) is 4.39 Å². The van der Waals surface area contributed by atoms with Gasteiger partial charge in [0.2, 0.25) is 0 Å². The summed E-state index contributed by atoms with van der Waals surface area (Å²) < 4.78 is 23.3. The molecule has 0 heterocycles. The number of phenols is 1. The van der Waals surface area contributed by atoms with Gasteiger partial charge in [-0.1, -0.05) is 6.07 Å². The first kappa shape index (κ1) is 13.9. The molecule has 0 aliphatic heterocycles. The smallest absolute Gasteiger partial charge is 0.171 e. The number of halogens is 1. The van der Waals surface area contributed by atoms with Crippen molar-refractivity contribution < 1.29 is 19.0 Å². The average Bonchev–Trinajstić information content (AvgIpc) is 2.32. The van der Waals surface area contributed by atoms with Crippen LogP contribution in [0.3, 0.4) is 0 Å². The largest absolute Gasteiger partial charge is 0.505 e. The molecule has 96 valence electrons. The highest BCUT2D eigenvalue weighted by Crippen LogP contribution is 2.16. The molecule has 1 aromatic carbocycles. The Bertz CT molecular complexity index is 356. The topological polar surface area (TPSA) is 50.7 Å². The molecule has 0 bridgehead atoms. The molecule has 0 spiro atoms. The summed E-state index contributed by atoms with van der Waals surface area (Å²) in [4.78, 5) is 0. The van der Waals surface area contributed by atoms with Gasteiger partial charge in [0.1, 0.15) is 0 Å². The lowest BCUT2D eigenvalue weighted by atomic mass is 10.2. The van der Waals surface area contributed by atoms with Crippen LogP contribution in [0.25, 0.3) is 0 Å². The Morgan fingerprint density at radius 3 is 2.53 bits per heavy atom. The van der Waals surface area contributed by atoms with Crippen LogP contribution in [-0.4, -0.2) is 31.7 Å². The zero-order valence-electron chi connectivity index (χ0n) is 10.2. The van der Waals surface area contributed by atoms with E-state index < -0.39 is 5.82 Å². The maximum Gasteiger partial charge on any atom is 0.171 e. The summed E-state index contributed by atoms with van der Waals surface area (Å²) in [5.74, 6) is -0.958. The Labute approximate surface area is 100 Å². The number of rotatable bonds is 6. The zero-order valence-corrected chi connectivity index (χ0v) is 10.2. The molecular formula is C12H18FNO3. The van der Waals surface area contributed by atoms with Gasteiger partial charge in [0.15, 0.2) is 17.9 Å². The second-order valence-corrected chi connectivity index (χ2v) is 3.80. The monoisotopic (exact) mass is 243 g/mol. The van der Waals surface area contributed by atoms with Gasteiger partial charge in [-0.15, -0.1) is 0 Å². The minimum Gasteiger partial charge on any atom is -0.505 e. The van der Waals surface area contributed by atoms with Crippen LogP contribution in [-0.2, 0) is 16.0 Å². The van der Waals surface area contributed by atoms with Crippen LogP contribution in [0, 0.1) is 5.82 Å². The van der Waals surface area contributed by atoms with E-state index in [-0.39, 0.29) is 18.1 Å². The van der Waals surface area contributed by atoms with Crippen LogP contribution in [0.1, 0.15) is 12.5 Å². The van der Waals surface area contributed by atoms with Crippen molar-refractivity contribution in [1.29, 1.82) is 0 Å². The van der Waals surface area contributed by atoms with Crippen LogP contribution < -0.4 is 5.32 Å². The Morgan fingerprint density at radius 2 is 2.00 bits per heavy atom. The molecule has 0 fully saturated rings. The van der Waals surface area contributed by atoms with Gasteiger partial charge in [0.25, 0.3) is 0 Å². The number of aromatic hydroxyl groups is 1. The fourth-order valence-corrected chi connectivity index (χ4v) is 1.54. The molecule has 4 nitrogen and oxygen atoms in total. The van der Waals surface area contributed by atoms with Gasteiger partial charge in [-0.25, -0.2) is 4.39 Å². The second-order valence-electron chi connectivity index (χ2n) is 3.80. The predicted octanol–water partition coefficient (Wildman–Crippen LogP) is 1.63. The Hall–Kier alpha value is -1.17. The molecule has 1 unspecified atom stereocenters. The van der Waals surface area contributed by atoms with Crippen molar-refractivity contribution in [2.75, 3.05) is 14.2 Å². The summed E-state index contributed by atoms with van der Waals surface area (Å²) in [7, 11) is 3.12. The summed E-state index contributed by atoms with van der Waals surface area (Å²) in [6.07, 6.45) is -0.350. The van der Waals surface area contributed by atoms with Crippen LogP contribution in [0.2, 0.25) is 0 Å². The van der Waals surface area contributed by atoms with Gasteiger partial charge in [0, 0.05) is 20.8 Å². The van der Waals surface area contributed by atoms with Crippen molar-refractivity contribution in [3.05, 3.63) is 29.6 Å². The van der Waals surface area contributed by atoms with E-state index in [2.05, 4.69) is 5.32 Å². The number of benzene rings is 1. The van der Waals surface area contributed by atoms with Crippen molar-refractivity contribution in [2.24, 2.45) is 0 Å². The first-order valence-corrected chi connectivity index (χ1v) is 5.34. The first-order valence-electron chi connectivity index (χ1n) is 5.34. The molecule has 0 amide bonds. The van der Waals surface area contributed by atoms with Crippen molar-refractivity contribution >= 4 is 0 Å². The van der Waals surface area contributed by atoms with Crippen LogP contribution in [0.15, 0.2) is 18.2 Å². The van der Waals surface area contributed by atoms with E-state index in [1.165, 1.54) is 12.1 Å². The molecule has 17 heavy (non-hydrogen) atoms. The molecule has 5 heteroatoms. The molecule has 0 aliphatic rings. The number of methoxy groups -OCH3 is 2. The summed E-state index contributed by atoms with van der Waals surface area (Å²) in [5, 5.41) is 12.2. The van der Waals surface area contributed by atoms with Gasteiger partial charge in [-0.05, 0) is 24.6 Å². The van der Waals surface area contributed by atoms with E-state index in [1.54, 1.807) is 20.3 Å². The summed E-state index contributed by atoms with van der Waals surface area (Å²) in [5.41, 5.74) is 0.748. The van der Waals surface area contributed by atoms with Gasteiger partial charge < -0.3 is 19.9 Å². The Balaban J connectivity index is 2.52. The highest BCUT2D eigenvalue weighted by Gasteiger charge is 2.14. The lowest BCUT2D eigenvalue weighted by Gasteiger charge is -2.22. The Kier molecular flexibility index (Phi) is 5.34. The van der Waals surface area contributed by atoms with Crippen molar-refractivity contribution in [3.8, 4) is 5.75 Å². The minimum atomic E-state index is -0.619. The summed E-state index contributed by atoms with van der Waals surface area (Å²) in [6, 6.07) is 4.26. The molecule has 1 atom stereocenters. The molecule has 0 saturated heterocycles. The summed E-state index contributed by atoms with van der Waals surface area (Å²) >= 11 is 0. The van der Waals surface area contributed by atoms with Gasteiger partial charge >= 0.3 is 0 Å². The third kappa shape index (κ3) is 3.96. The van der Waals surface area contributed by atoms with Crippen molar-refractivity contribution in [2.45, 2.75) is 25.8 Å². The fraction of sp³-hybridized carbons (Fsp3) is 0.500. The molecule has 2 N–H and O–H groups in total. The van der Waals surface area contributed by atoms with Crippen molar-refractivity contribution in [3.63, 3.8) is 0 Å². The average molecular weight is 243 g/mol. The SMILES string of the molecule is COC(OC)C(C)NCc1ccc(O)c(F)c1. The third-order valence-electron chi connectivity index (χ3n) is 2.51. The number of ether oxygens (including phenoxy) is 2. The van der Waals surface area contributed by atoms with Gasteiger partial charge in [-0.3, -0.25) is 0 Å². The highest BCUT2D eigenvalue weighted by molar-refractivity contribution is 5.27. The predicted molar refractivity (Wildman–Crippen MR) is 62.2 cm³/mol. The standard InChI is InChI=1S/C12H18FNO3/c1-8(12(16-2)17-3)14-7-9-4-5-11(15)10(13)6-9/h4-6,8,12,14-15H,7H2,1-3H3. The van der Waals surface area contributed by atoms with Crippen molar-refractivity contribution in [1.82, 2.24) is 5.32 Å². The lowest BCUT2D eigenvalue weighted by Crippen LogP contribution is -2.39. The van der Waals surface area contributed by atoms with Crippen LogP contribution in [0.5, 0.6) is 5.75 Å². The van der Waals surface area contributed by atoms with E-state index in [9.17, 15) is 4.39 Å². The number of nitrogens with one attached hydrogen (secondary N) is 1. The van der Waals surface area contributed by atoms with Gasteiger partial charge in [-0.2, -0.15) is 0 Å². The second kappa shape index (κ2) is 6.54. The zero-order chi connectivity index (χ0) is 12.8. The summed E-state index contributed by atoms with van der Waals surface area (Å²) in [6.45, 7) is 2.38. The number of phenolic OH excluding ortho intramolecular Hbond substituents is 1. The van der Waals surface area contributed by atoms with E-state index in [0.29, 0.717) is 6.54 Å². The molecule has 0 aliphatic carbocycles. The normalized spacial score (nSPS) is 13.0. The molecule has 1 aromatic rings. The fourth-order valence-electron chi connectivity index (χ4n) is 1.54. The number of hydrogen-bond acceptors (Lipinski definition) is 4. The molecule has 0 saturated carbocycles. The maximum absolute atomic E-state index is 13.1. The number of hydrogen-bond donors (Lipinski definition) is 2.